The second-order valence-electron chi connectivity index (χ2n) is 9.72. The molecule has 8 nitrogen and oxygen atoms in total. The van der Waals surface area contributed by atoms with Crippen LogP contribution in [0.4, 0.5) is 11.4 Å². The molecule has 200 valence electrons. The summed E-state index contributed by atoms with van der Waals surface area (Å²) in [7, 11) is -2.07. The van der Waals surface area contributed by atoms with E-state index < -0.39 is 10.0 Å². The SMILES string of the molecule is CN(N)c1ccc(C(CC(O)=C2CC2)c2ccc(Cl)c(CN3CCOc4ccccc4S3(=O)=O)c2)cc1N. The summed E-state index contributed by atoms with van der Waals surface area (Å²) in [4.78, 5) is 0.143. The average Bonchev–Trinajstić information content (AvgIpc) is 3.74. The Labute approximate surface area is 228 Å². The van der Waals surface area contributed by atoms with Gasteiger partial charge in [-0.15, -0.1) is 0 Å². The number of nitrogens with zero attached hydrogens (tertiary/aromatic N) is 2. The molecule has 0 saturated heterocycles. The number of aliphatic hydroxyl groups excluding tert-OH is 1. The minimum atomic E-state index is -3.79. The number of hydrogen-bond donors (Lipinski definition) is 3. The van der Waals surface area contributed by atoms with E-state index in [0.717, 1.165) is 29.5 Å². The molecule has 1 atom stereocenters. The Hall–Kier alpha value is -3.24. The highest BCUT2D eigenvalue weighted by molar-refractivity contribution is 7.89. The van der Waals surface area contributed by atoms with Crippen molar-refractivity contribution >= 4 is 33.0 Å². The monoisotopic (exact) mass is 554 g/mol. The molecular formula is C28H31ClN4O4S. The summed E-state index contributed by atoms with van der Waals surface area (Å²) in [5.74, 6) is 6.41. The molecule has 2 aliphatic rings. The van der Waals surface area contributed by atoms with E-state index in [-0.39, 0.29) is 30.5 Å². The number of fused-ring (bicyclic) bond motifs is 1. The second kappa shape index (κ2) is 10.5. The highest BCUT2D eigenvalue weighted by atomic mass is 35.5. The lowest BCUT2D eigenvalue weighted by Gasteiger charge is -2.23. The van der Waals surface area contributed by atoms with E-state index in [0.29, 0.717) is 39.9 Å². The van der Waals surface area contributed by atoms with Crippen LogP contribution >= 0.6 is 11.6 Å². The van der Waals surface area contributed by atoms with Crippen molar-refractivity contribution in [2.45, 2.75) is 36.6 Å². The van der Waals surface area contributed by atoms with Gasteiger partial charge in [0.1, 0.15) is 17.3 Å². The molecular weight excluding hydrogens is 524 g/mol. The molecule has 38 heavy (non-hydrogen) atoms. The third-order valence-corrected chi connectivity index (χ3v) is 9.28. The zero-order valence-electron chi connectivity index (χ0n) is 21.1. The number of nitrogen functional groups attached to an aromatic ring is 1. The van der Waals surface area contributed by atoms with Gasteiger partial charge in [-0.25, -0.2) is 14.3 Å². The van der Waals surface area contributed by atoms with Crippen LogP contribution in [0.25, 0.3) is 0 Å². The van der Waals surface area contributed by atoms with Crippen LogP contribution in [0, 0.1) is 0 Å². The summed E-state index contributed by atoms with van der Waals surface area (Å²) in [6, 6.07) is 17.9. The molecule has 10 heteroatoms. The van der Waals surface area contributed by atoms with Gasteiger partial charge in [-0.1, -0.05) is 41.9 Å². The molecule has 1 unspecified atom stereocenters. The normalized spacial score (nSPS) is 17.2. The van der Waals surface area contributed by atoms with Gasteiger partial charge in [-0.05, 0) is 65.4 Å². The Balaban J connectivity index is 1.51. The van der Waals surface area contributed by atoms with Crippen molar-refractivity contribution in [2.75, 3.05) is 30.9 Å². The van der Waals surface area contributed by atoms with Crippen molar-refractivity contribution in [1.82, 2.24) is 4.31 Å². The maximum Gasteiger partial charge on any atom is 0.247 e. The Bertz CT molecular complexity index is 1500. The van der Waals surface area contributed by atoms with Crippen LogP contribution in [0.2, 0.25) is 5.02 Å². The van der Waals surface area contributed by atoms with Crippen molar-refractivity contribution in [3.63, 3.8) is 0 Å². The molecule has 1 aliphatic heterocycles. The fourth-order valence-corrected chi connectivity index (χ4v) is 6.52. The first kappa shape index (κ1) is 26.4. The number of hydrazine groups is 1. The Morgan fingerprint density at radius 3 is 2.55 bits per heavy atom. The molecule has 3 aromatic carbocycles. The van der Waals surface area contributed by atoms with Gasteiger partial charge in [-0.2, -0.15) is 4.31 Å². The number of sulfonamides is 1. The van der Waals surface area contributed by atoms with Crippen LogP contribution in [0.3, 0.4) is 0 Å². The van der Waals surface area contributed by atoms with Crippen molar-refractivity contribution < 1.29 is 18.3 Å². The molecule has 3 aromatic rings. The van der Waals surface area contributed by atoms with Crippen LogP contribution in [0.15, 0.2) is 76.9 Å². The lowest BCUT2D eigenvalue weighted by atomic mass is 9.86. The number of rotatable bonds is 7. The third-order valence-electron chi connectivity index (χ3n) is 7.02. The molecule has 0 aromatic heterocycles. The summed E-state index contributed by atoms with van der Waals surface area (Å²) in [6.45, 7) is 0.517. The minimum Gasteiger partial charge on any atom is -0.512 e. The predicted octanol–water partition coefficient (Wildman–Crippen LogP) is 4.94. The van der Waals surface area contributed by atoms with Crippen molar-refractivity contribution in [1.29, 1.82) is 0 Å². The number of para-hydroxylation sites is 1. The number of benzene rings is 3. The number of ether oxygens (including phenoxy) is 1. The summed E-state index contributed by atoms with van der Waals surface area (Å²) in [5.41, 5.74) is 11.1. The molecule has 1 saturated carbocycles. The minimum absolute atomic E-state index is 0.0888. The van der Waals surface area contributed by atoms with E-state index in [1.54, 1.807) is 37.4 Å². The van der Waals surface area contributed by atoms with Gasteiger partial charge in [-0.3, -0.25) is 0 Å². The molecule has 0 amide bonds. The van der Waals surface area contributed by atoms with Crippen molar-refractivity contribution in [3.8, 4) is 5.75 Å². The Morgan fingerprint density at radius 1 is 1.13 bits per heavy atom. The maximum atomic E-state index is 13.5. The van der Waals surface area contributed by atoms with Gasteiger partial charge in [0.15, 0.2) is 0 Å². The van der Waals surface area contributed by atoms with Crippen LogP contribution in [-0.4, -0.2) is 38.0 Å². The number of aliphatic hydroxyl groups is 1. The maximum absolute atomic E-state index is 13.5. The quantitative estimate of drug-likeness (QED) is 0.163. The Morgan fingerprint density at radius 2 is 1.84 bits per heavy atom. The topological polar surface area (TPSA) is 122 Å². The van der Waals surface area contributed by atoms with Crippen LogP contribution in [0.5, 0.6) is 5.75 Å². The van der Waals surface area contributed by atoms with E-state index in [1.807, 2.05) is 30.3 Å². The van der Waals surface area contributed by atoms with Gasteiger partial charge in [0.25, 0.3) is 0 Å². The zero-order chi connectivity index (χ0) is 27.0. The molecule has 1 aliphatic carbocycles. The summed E-state index contributed by atoms with van der Waals surface area (Å²) in [6.07, 6.45) is 2.20. The van der Waals surface area contributed by atoms with Crippen LogP contribution in [-0.2, 0) is 16.6 Å². The standard InChI is InChI=1S/C28H31ClN4O4S/c1-32(31)25-11-9-20(15-24(25)30)22(16-26(34)18-6-7-18)19-8-10-23(29)21(14-19)17-33-12-13-37-27-4-2-3-5-28(27)38(33,35)36/h2-5,8-11,14-15,22,34H,6-7,12-13,16-17,30-31H2,1H3. The van der Waals surface area contributed by atoms with Gasteiger partial charge in [0.2, 0.25) is 10.0 Å². The van der Waals surface area contributed by atoms with Gasteiger partial charge >= 0.3 is 0 Å². The molecule has 0 radical (unpaired) electrons. The smallest absolute Gasteiger partial charge is 0.247 e. The predicted molar refractivity (Wildman–Crippen MR) is 150 cm³/mol. The van der Waals surface area contributed by atoms with Gasteiger partial charge in [0, 0.05) is 37.5 Å². The number of halogens is 1. The number of hydrogen-bond acceptors (Lipinski definition) is 7. The fourth-order valence-electron chi connectivity index (χ4n) is 4.81. The van der Waals surface area contributed by atoms with E-state index in [1.165, 1.54) is 9.31 Å². The van der Waals surface area contributed by atoms with E-state index in [2.05, 4.69) is 0 Å². The lowest BCUT2D eigenvalue weighted by molar-refractivity contribution is 0.278. The molecule has 1 heterocycles. The van der Waals surface area contributed by atoms with Crippen LogP contribution in [0.1, 0.15) is 41.9 Å². The summed E-state index contributed by atoms with van der Waals surface area (Å²) in [5, 5.41) is 12.7. The number of allylic oxidation sites excluding steroid dienone is 2. The molecule has 0 spiro atoms. The average molecular weight is 555 g/mol. The highest BCUT2D eigenvalue weighted by Gasteiger charge is 2.31. The zero-order valence-corrected chi connectivity index (χ0v) is 22.7. The van der Waals surface area contributed by atoms with Crippen molar-refractivity contribution in [2.24, 2.45) is 5.84 Å². The first-order valence-electron chi connectivity index (χ1n) is 12.4. The molecule has 5 rings (SSSR count). The first-order valence-corrected chi connectivity index (χ1v) is 14.2. The van der Waals surface area contributed by atoms with Gasteiger partial charge < -0.3 is 20.6 Å². The first-order chi connectivity index (χ1) is 18.1. The largest absolute Gasteiger partial charge is 0.512 e. The number of anilines is 2. The van der Waals surface area contributed by atoms with E-state index >= 15 is 0 Å². The van der Waals surface area contributed by atoms with Gasteiger partial charge in [0.05, 0.1) is 17.1 Å². The number of nitrogens with two attached hydrogens (primary N) is 2. The van der Waals surface area contributed by atoms with E-state index in [4.69, 9.17) is 27.9 Å². The van der Waals surface area contributed by atoms with Crippen LogP contribution < -0.4 is 21.3 Å². The van der Waals surface area contributed by atoms with Crippen molar-refractivity contribution in [3.05, 3.63) is 93.7 Å². The van der Waals surface area contributed by atoms with E-state index in [9.17, 15) is 13.5 Å². The highest BCUT2D eigenvalue weighted by Crippen LogP contribution is 2.40. The Kier molecular flexibility index (Phi) is 7.28. The summed E-state index contributed by atoms with van der Waals surface area (Å²) < 4.78 is 34.0. The molecule has 1 fully saturated rings. The third kappa shape index (κ3) is 5.33. The molecule has 0 bridgehead atoms. The summed E-state index contributed by atoms with van der Waals surface area (Å²) >= 11 is 6.60. The fraction of sp³-hybridized carbons (Fsp3) is 0.286. The lowest BCUT2D eigenvalue weighted by Crippen LogP contribution is -2.32. The second-order valence-corrected chi connectivity index (χ2v) is 12.0. The molecule has 5 N–H and O–H groups in total.